The molecule has 0 fully saturated rings. The molecular formula is C17H20N4O. The molecule has 5 nitrogen and oxygen atoms in total. The Labute approximate surface area is 129 Å². The minimum absolute atomic E-state index is 0.0528. The average molecular weight is 296 g/mol. The van der Waals surface area contributed by atoms with Crippen molar-refractivity contribution in [2.45, 2.75) is 20.3 Å². The van der Waals surface area contributed by atoms with Gasteiger partial charge in [0.05, 0.1) is 11.3 Å². The van der Waals surface area contributed by atoms with E-state index in [1.807, 2.05) is 39.2 Å². The van der Waals surface area contributed by atoms with Gasteiger partial charge in [0, 0.05) is 36.4 Å². The number of nitrogens with zero attached hydrogens (tertiary/aromatic N) is 2. The molecule has 0 aliphatic carbocycles. The average Bonchev–Trinajstić information content (AvgIpc) is 3.01. The Morgan fingerprint density at radius 1 is 1.32 bits per heavy atom. The minimum Gasteiger partial charge on any atom is -0.361 e. The third-order valence-electron chi connectivity index (χ3n) is 4.09. The molecule has 0 radical (unpaired) electrons. The van der Waals surface area contributed by atoms with Crippen molar-refractivity contribution < 1.29 is 4.79 Å². The molecule has 3 aromatic rings. The Balaban J connectivity index is 1.67. The molecule has 1 amide bonds. The summed E-state index contributed by atoms with van der Waals surface area (Å²) in [6, 6.07) is 8.19. The van der Waals surface area contributed by atoms with Crippen molar-refractivity contribution in [3.8, 4) is 0 Å². The predicted molar refractivity (Wildman–Crippen MR) is 87.0 cm³/mol. The first-order valence-corrected chi connectivity index (χ1v) is 7.41. The number of aromatic amines is 1. The standard InChI is InChI=1S/C17H20N4O/c1-11-16(12(2)21(3)20-11)17(22)18-9-8-13-10-19-15-7-5-4-6-14(13)15/h4-7,10,19H,8-9H2,1-3H3,(H,18,22). The zero-order valence-electron chi connectivity index (χ0n) is 13.1. The van der Waals surface area contributed by atoms with E-state index in [1.165, 1.54) is 10.9 Å². The number of H-pyrrole nitrogens is 1. The van der Waals surface area contributed by atoms with Gasteiger partial charge in [0.15, 0.2) is 0 Å². The summed E-state index contributed by atoms with van der Waals surface area (Å²) in [6.07, 6.45) is 2.81. The second kappa shape index (κ2) is 5.67. The van der Waals surface area contributed by atoms with Crippen molar-refractivity contribution in [2.24, 2.45) is 7.05 Å². The van der Waals surface area contributed by atoms with Gasteiger partial charge in [-0.15, -0.1) is 0 Å². The maximum Gasteiger partial charge on any atom is 0.255 e. The number of aryl methyl sites for hydroxylation is 2. The van der Waals surface area contributed by atoms with Crippen molar-refractivity contribution in [1.82, 2.24) is 20.1 Å². The first kappa shape index (κ1) is 14.4. The third-order valence-corrected chi connectivity index (χ3v) is 4.09. The van der Waals surface area contributed by atoms with Crippen LogP contribution >= 0.6 is 0 Å². The van der Waals surface area contributed by atoms with E-state index in [0.29, 0.717) is 12.1 Å². The van der Waals surface area contributed by atoms with Gasteiger partial charge in [-0.2, -0.15) is 5.10 Å². The number of carbonyl (C=O) groups excluding carboxylic acids is 1. The molecule has 0 aliphatic rings. The zero-order valence-corrected chi connectivity index (χ0v) is 13.1. The number of rotatable bonds is 4. The van der Waals surface area contributed by atoms with Crippen LogP contribution in [0.25, 0.3) is 10.9 Å². The van der Waals surface area contributed by atoms with Crippen LogP contribution in [0.4, 0.5) is 0 Å². The summed E-state index contributed by atoms with van der Waals surface area (Å²) in [5.74, 6) is -0.0528. The normalized spacial score (nSPS) is 11.0. The van der Waals surface area contributed by atoms with E-state index in [4.69, 9.17) is 0 Å². The van der Waals surface area contributed by atoms with Crippen LogP contribution < -0.4 is 5.32 Å². The Bertz CT molecular complexity index is 828. The summed E-state index contributed by atoms with van der Waals surface area (Å²) in [5, 5.41) is 8.49. The summed E-state index contributed by atoms with van der Waals surface area (Å²) < 4.78 is 1.74. The van der Waals surface area contributed by atoms with Gasteiger partial charge in [-0.25, -0.2) is 0 Å². The molecule has 2 aromatic heterocycles. The van der Waals surface area contributed by atoms with Crippen LogP contribution in [-0.2, 0) is 13.5 Å². The van der Waals surface area contributed by atoms with E-state index in [0.717, 1.165) is 23.3 Å². The Morgan fingerprint density at radius 3 is 2.82 bits per heavy atom. The van der Waals surface area contributed by atoms with Gasteiger partial charge in [0.25, 0.3) is 5.91 Å². The van der Waals surface area contributed by atoms with Crippen LogP contribution in [0.5, 0.6) is 0 Å². The molecule has 2 heterocycles. The van der Waals surface area contributed by atoms with Crippen LogP contribution in [0.2, 0.25) is 0 Å². The fraction of sp³-hybridized carbons (Fsp3) is 0.294. The van der Waals surface area contributed by atoms with E-state index in [1.54, 1.807) is 4.68 Å². The smallest absolute Gasteiger partial charge is 0.255 e. The fourth-order valence-electron chi connectivity index (χ4n) is 2.84. The molecule has 2 N–H and O–H groups in total. The maximum absolute atomic E-state index is 12.3. The van der Waals surface area contributed by atoms with Gasteiger partial charge in [-0.05, 0) is 31.9 Å². The van der Waals surface area contributed by atoms with Crippen molar-refractivity contribution in [3.63, 3.8) is 0 Å². The number of fused-ring (bicyclic) bond motifs is 1. The lowest BCUT2D eigenvalue weighted by Crippen LogP contribution is -2.26. The van der Waals surface area contributed by atoms with Gasteiger partial charge >= 0.3 is 0 Å². The lowest BCUT2D eigenvalue weighted by Gasteiger charge is -2.05. The molecule has 22 heavy (non-hydrogen) atoms. The summed E-state index contributed by atoms with van der Waals surface area (Å²) in [7, 11) is 1.85. The quantitative estimate of drug-likeness (QED) is 0.777. The topological polar surface area (TPSA) is 62.7 Å². The maximum atomic E-state index is 12.3. The molecule has 0 atom stereocenters. The van der Waals surface area contributed by atoms with Gasteiger partial charge in [-0.1, -0.05) is 18.2 Å². The Kier molecular flexibility index (Phi) is 3.71. The van der Waals surface area contributed by atoms with Crippen molar-refractivity contribution in [1.29, 1.82) is 0 Å². The molecule has 114 valence electrons. The summed E-state index contributed by atoms with van der Waals surface area (Å²) in [4.78, 5) is 15.6. The van der Waals surface area contributed by atoms with E-state index >= 15 is 0 Å². The van der Waals surface area contributed by atoms with Gasteiger partial charge in [0.1, 0.15) is 0 Å². The van der Waals surface area contributed by atoms with Crippen LogP contribution in [-0.4, -0.2) is 27.2 Å². The van der Waals surface area contributed by atoms with Crippen LogP contribution in [0, 0.1) is 13.8 Å². The molecule has 0 unspecified atom stereocenters. The summed E-state index contributed by atoms with van der Waals surface area (Å²) in [6.45, 7) is 4.38. The van der Waals surface area contributed by atoms with Crippen molar-refractivity contribution >= 4 is 16.8 Å². The largest absolute Gasteiger partial charge is 0.361 e. The number of hydrogen-bond acceptors (Lipinski definition) is 2. The minimum atomic E-state index is -0.0528. The van der Waals surface area contributed by atoms with Gasteiger partial charge < -0.3 is 10.3 Å². The number of nitrogens with one attached hydrogen (secondary N) is 2. The molecule has 1 aromatic carbocycles. The number of hydrogen-bond donors (Lipinski definition) is 2. The fourth-order valence-corrected chi connectivity index (χ4v) is 2.84. The van der Waals surface area contributed by atoms with Crippen molar-refractivity contribution in [3.05, 3.63) is 53.0 Å². The molecule has 0 saturated heterocycles. The highest BCUT2D eigenvalue weighted by atomic mass is 16.1. The number of amides is 1. The van der Waals surface area contributed by atoms with Gasteiger partial charge in [-0.3, -0.25) is 9.48 Å². The molecule has 0 aliphatic heterocycles. The number of benzene rings is 1. The van der Waals surface area contributed by atoms with E-state index < -0.39 is 0 Å². The third kappa shape index (κ3) is 2.50. The Hall–Kier alpha value is -2.56. The molecule has 5 heteroatoms. The monoisotopic (exact) mass is 296 g/mol. The highest BCUT2D eigenvalue weighted by molar-refractivity contribution is 5.96. The first-order chi connectivity index (χ1) is 10.6. The van der Waals surface area contributed by atoms with E-state index in [2.05, 4.69) is 27.5 Å². The molecule has 0 spiro atoms. The predicted octanol–water partition coefficient (Wildman–Crippen LogP) is 2.49. The Morgan fingerprint density at radius 2 is 2.09 bits per heavy atom. The highest BCUT2D eigenvalue weighted by Crippen LogP contribution is 2.18. The van der Waals surface area contributed by atoms with E-state index in [-0.39, 0.29) is 5.91 Å². The molecule has 0 bridgehead atoms. The van der Waals surface area contributed by atoms with Crippen LogP contribution in [0.1, 0.15) is 27.3 Å². The van der Waals surface area contributed by atoms with Crippen molar-refractivity contribution in [2.75, 3.05) is 6.54 Å². The second-order valence-electron chi connectivity index (χ2n) is 5.53. The SMILES string of the molecule is Cc1nn(C)c(C)c1C(=O)NCCc1c[nH]c2ccccc12. The lowest BCUT2D eigenvalue weighted by atomic mass is 10.1. The lowest BCUT2D eigenvalue weighted by molar-refractivity contribution is 0.0953. The van der Waals surface area contributed by atoms with Gasteiger partial charge in [0.2, 0.25) is 0 Å². The van der Waals surface area contributed by atoms with Crippen LogP contribution in [0.15, 0.2) is 30.5 Å². The number of carbonyl (C=O) groups is 1. The second-order valence-corrected chi connectivity index (χ2v) is 5.53. The zero-order chi connectivity index (χ0) is 15.7. The molecule has 0 saturated carbocycles. The number of para-hydroxylation sites is 1. The first-order valence-electron chi connectivity index (χ1n) is 7.41. The highest BCUT2D eigenvalue weighted by Gasteiger charge is 2.16. The van der Waals surface area contributed by atoms with E-state index in [9.17, 15) is 4.79 Å². The molecular weight excluding hydrogens is 276 g/mol. The summed E-state index contributed by atoms with van der Waals surface area (Å²) >= 11 is 0. The summed E-state index contributed by atoms with van der Waals surface area (Å²) in [5.41, 5.74) is 4.69. The van der Waals surface area contributed by atoms with Crippen LogP contribution in [0.3, 0.4) is 0 Å². The number of aromatic nitrogens is 3. The molecule has 3 rings (SSSR count).